The third-order valence-corrected chi connectivity index (χ3v) is 5.13. The molecule has 1 saturated carbocycles. The van der Waals surface area contributed by atoms with E-state index in [1.54, 1.807) is 23.7 Å². The Kier molecular flexibility index (Phi) is 4.13. The summed E-state index contributed by atoms with van der Waals surface area (Å²) in [6.07, 6.45) is 5.86. The molecule has 1 fully saturated rings. The first-order valence-corrected chi connectivity index (χ1v) is 8.95. The Morgan fingerprint density at radius 3 is 2.88 bits per heavy atom. The maximum atomic E-state index is 12.3. The number of urea groups is 1. The van der Waals surface area contributed by atoms with Crippen molar-refractivity contribution < 1.29 is 4.79 Å². The lowest BCUT2D eigenvalue weighted by Crippen LogP contribution is -2.38. The minimum absolute atomic E-state index is 0.0190. The van der Waals surface area contributed by atoms with Gasteiger partial charge >= 0.3 is 6.03 Å². The number of pyridine rings is 1. The van der Waals surface area contributed by atoms with Crippen LogP contribution < -0.4 is 10.6 Å². The normalized spacial score (nSPS) is 15.2. The van der Waals surface area contributed by atoms with Crippen molar-refractivity contribution >= 4 is 28.1 Å². The van der Waals surface area contributed by atoms with E-state index < -0.39 is 0 Å². The van der Waals surface area contributed by atoms with Crippen molar-refractivity contribution in [2.24, 2.45) is 5.92 Å². The first-order valence-electron chi connectivity index (χ1n) is 8.07. The zero-order valence-corrected chi connectivity index (χ0v) is 13.9. The molecule has 0 radical (unpaired) electrons. The standard InChI is InChI=1S/C18H18N4OS/c23-18(22-16(13-5-6-13)17-20-9-10-24-17)21-11-15-14-4-2-1-3-12(14)7-8-19-15/h1-4,7-10,13,16H,5-6,11H2,(H2,21,22,23). The SMILES string of the molecule is O=C(NCc1nccc2ccccc12)NC(c1nccs1)C1CC1. The van der Waals surface area contributed by atoms with Crippen LogP contribution in [0.3, 0.4) is 0 Å². The maximum Gasteiger partial charge on any atom is 0.315 e. The number of carbonyl (C=O) groups excluding carboxylic acids is 1. The van der Waals surface area contributed by atoms with Crippen molar-refractivity contribution in [3.05, 3.63) is 58.8 Å². The second-order valence-corrected chi connectivity index (χ2v) is 6.92. The summed E-state index contributed by atoms with van der Waals surface area (Å²) in [5.74, 6) is 0.512. The molecule has 3 aromatic rings. The van der Waals surface area contributed by atoms with Crippen LogP contribution in [-0.2, 0) is 6.54 Å². The molecule has 1 unspecified atom stereocenters. The molecular weight excluding hydrogens is 320 g/mol. The number of nitrogens with one attached hydrogen (secondary N) is 2. The van der Waals surface area contributed by atoms with Crippen LogP contribution in [0.25, 0.3) is 10.8 Å². The Morgan fingerprint density at radius 2 is 2.08 bits per heavy atom. The highest BCUT2D eigenvalue weighted by molar-refractivity contribution is 7.09. The highest BCUT2D eigenvalue weighted by Crippen LogP contribution is 2.41. The van der Waals surface area contributed by atoms with E-state index in [0.717, 1.165) is 34.3 Å². The molecule has 5 nitrogen and oxygen atoms in total. The number of amides is 2. The molecule has 6 heteroatoms. The van der Waals surface area contributed by atoms with Crippen LogP contribution in [0, 0.1) is 5.92 Å². The van der Waals surface area contributed by atoms with E-state index in [1.165, 1.54) is 0 Å². The van der Waals surface area contributed by atoms with Crippen LogP contribution in [0.2, 0.25) is 0 Å². The Bertz CT molecular complexity index is 840. The molecule has 122 valence electrons. The molecule has 1 atom stereocenters. The number of aromatic nitrogens is 2. The van der Waals surface area contributed by atoms with Crippen LogP contribution in [0.1, 0.15) is 29.6 Å². The van der Waals surface area contributed by atoms with Crippen LogP contribution in [0.5, 0.6) is 0 Å². The van der Waals surface area contributed by atoms with Crippen molar-refractivity contribution in [1.29, 1.82) is 0 Å². The lowest BCUT2D eigenvalue weighted by molar-refractivity contribution is 0.235. The van der Waals surface area contributed by atoms with Crippen LogP contribution in [0.4, 0.5) is 4.79 Å². The smallest absolute Gasteiger partial charge is 0.315 e. The largest absolute Gasteiger partial charge is 0.332 e. The van der Waals surface area contributed by atoms with E-state index in [2.05, 4.69) is 20.6 Å². The molecule has 1 aromatic carbocycles. The highest BCUT2D eigenvalue weighted by atomic mass is 32.1. The number of benzene rings is 1. The number of hydrogen-bond acceptors (Lipinski definition) is 4. The molecule has 0 aliphatic heterocycles. The van der Waals surface area contributed by atoms with Gasteiger partial charge in [-0.25, -0.2) is 9.78 Å². The molecular formula is C18H18N4OS. The van der Waals surface area contributed by atoms with Crippen molar-refractivity contribution in [1.82, 2.24) is 20.6 Å². The van der Waals surface area contributed by atoms with Gasteiger partial charge in [0.2, 0.25) is 0 Å². The summed E-state index contributed by atoms with van der Waals surface area (Å²) in [5, 5.41) is 11.1. The number of thiazole rings is 1. The fourth-order valence-corrected chi connectivity index (χ4v) is 3.66. The van der Waals surface area contributed by atoms with Gasteiger partial charge in [-0.1, -0.05) is 24.3 Å². The molecule has 2 amide bonds. The summed E-state index contributed by atoms with van der Waals surface area (Å²) >= 11 is 1.59. The summed E-state index contributed by atoms with van der Waals surface area (Å²) in [6, 6.07) is 9.89. The van der Waals surface area contributed by atoms with E-state index in [1.807, 2.05) is 35.7 Å². The molecule has 0 bridgehead atoms. The minimum Gasteiger partial charge on any atom is -0.332 e. The van der Waals surface area contributed by atoms with Gasteiger partial charge in [0.15, 0.2) is 0 Å². The van der Waals surface area contributed by atoms with Crippen molar-refractivity contribution in [3.63, 3.8) is 0 Å². The van der Waals surface area contributed by atoms with Gasteiger partial charge in [0.25, 0.3) is 0 Å². The molecule has 0 saturated heterocycles. The van der Waals surface area contributed by atoms with Crippen LogP contribution >= 0.6 is 11.3 Å². The van der Waals surface area contributed by atoms with Gasteiger partial charge < -0.3 is 10.6 Å². The second kappa shape index (κ2) is 6.57. The number of carbonyl (C=O) groups is 1. The third kappa shape index (κ3) is 3.23. The summed E-state index contributed by atoms with van der Waals surface area (Å²) < 4.78 is 0. The van der Waals surface area contributed by atoms with Gasteiger partial charge in [0.1, 0.15) is 5.01 Å². The molecule has 1 aliphatic carbocycles. The topological polar surface area (TPSA) is 66.9 Å². The lowest BCUT2D eigenvalue weighted by atomic mass is 10.1. The van der Waals surface area contributed by atoms with E-state index in [4.69, 9.17) is 0 Å². The van der Waals surface area contributed by atoms with Gasteiger partial charge in [0.05, 0.1) is 18.3 Å². The molecule has 2 aromatic heterocycles. The summed E-state index contributed by atoms with van der Waals surface area (Å²) in [7, 11) is 0. The average Bonchev–Trinajstić information content (AvgIpc) is 3.31. The predicted molar refractivity (Wildman–Crippen MR) is 94.7 cm³/mol. The van der Waals surface area contributed by atoms with E-state index >= 15 is 0 Å². The minimum atomic E-state index is -0.170. The predicted octanol–water partition coefficient (Wildman–Crippen LogP) is 3.64. The van der Waals surface area contributed by atoms with E-state index in [9.17, 15) is 4.79 Å². The molecule has 0 spiro atoms. The number of hydrogen-bond donors (Lipinski definition) is 2. The monoisotopic (exact) mass is 338 g/mol. The van der Waals surface area contributed by atoms with Crippen molar-refractivity contribution in [2.45, 2.75) is 25.4 Å². The van der Waals surface area contributed by atoms with E-state index in [0.29, 0.717) is 12.5 Å². The van der Waals surface area contributed by atoms with Gasteiger partial charge in [-0.2, -0.15) is 0 Å². The summed E-state index contributed by atoms with van der Waals surface area (Å²) in [5.41, 5.74) is 0.875. The van der Waals surface area contributed by atoms with Crippen LogP contribution in [-0.4, -0.2) is 16.0 Å². The molecule has 2 N–H and O–H groups in total. The number of rotatable bonds is 5. The first-order chi connectivity index (χ1) is 11.8. The molecule has 4 rings (SSSR count). The Labute approximate surface area is 144 Å². The lowest BCUT2D eigenvalue weighted by Gasteiger charge is -2.16. The fraction of sp³-hybridized carbons (Fsp3) is 0.278. The zero-order chi connectivity index (χ0) is 16.4. The number of nitrogens with zero attached hydrogens (tertiary/aromatic N) is 2. The summed E-state index contributed by atoms with van der Waals surface area (Å²) in [4.78, 5) is 21.1. The molecule has 24 heavy (non-hydrogen) atoms. The average molecular weight is 338 g/mol. The Morgan fingerprint density at radius 1 is 1.21 bits per heavy atom. The maximum absolute atomic E-state index is 12.3. The van der Waals surface area contributed by atoms with Gasteiger partial charge in [-0.3, -0.25) is 4.98 Å². The zero-order valence-electron chi connectivity index (χ0n) is 13.1. The second-order valence-electron chi connectivity index (χ2n) is 5.99. The Balaban J connectivity index is 1.42. The van der Waals surface area contributed by atoms with Crippen LogP contribution in [0.15, 0.2) is 48.1 Å². The number of fused-ring (bicyclic) bond motifs is 1. The quantitative estimate of drug-likeness (QED) is 0.746. The Hall–Kier alpha value is -2.47. The third-order valence-electron chi connectivity index (χ3n) is 4.27. The first kappa shape index (κ1) is 15.1. The van der Waals surface area contributed by atoms with E-state index in [-0.39, 0.29) is 12.1 Å². The molecule has 2 heterocycles. The van der Waals surface area contributed by atoms with Gasteiger partial charge in [-0.05, 0) is 30.2 Å². The van der Waals surface area contributed by atoms with Gasteiger partial charge in [-0.15, -0.1) is 11.3 Å². The highest BCUT2D eigenvalue weighted by Gasteiger charge is 2.34. The van der Waals surface area contributed by atoms with Crippen molar-refractivity contribution in [3.8, 4) is 0 Å². The van der Waals surface area contributed by atoms with Crippen molar-refractivity contribution in [2.75, 3.05) is 0 Å². The molecule has 1 aliphatic rings. The van der Waals surface area contributed by atoms with Gasteiger partial charge in [0, 0.05) is 23.2 Å². The summed E-state index contributed by atoms with van der Waals surface area (Å²) in [6.45, 7) is 0.405. The fourth-order valence-electron chi connectivity index (χ4n) is 2.88.